The lowest BCUT2D eigenvalue weighted by atomic mass is 10.0. The van der Waals surface area contributed by atoms with Crippen LogP contribution in [0.2, 0.25) is 0 Å². The van der Waals surface area contributed by atoms with Gasteiger partial charge < -0.3 is 19.1 Å². The number of ether oxygens (including phenoxy) is 3. The molecule has 2 aliphatic rings. The molecule has 2 fully saturated rings. The average molecular weight is 453 g/mol. The Morgan fingerprint density at radius 2 is 1.94 bits per heavy atom. The first-order chi connectivity index (χ1) is 16.0. The molecule has 1 amide bonds. The molecule has 0 aliphatic carbocycles. The molecular formula is C27H36N2O4. The minimum Gasteiger partial charge on any atom is -0.491 e. The predicted molar refractivity (Wildman–Crippen MR) is 129 cm³/mol. The molecule has 0 spiro atoms. The minimum atomic E-state index is 0.129. The fourth-order valence-corrected chi connectivity index (χ4v) is 4.59. The van der Waals surface area contributed by atoms with Gasteiger partial charge in [-0.05, 0) is 62.1 Å². The number of nitrogens with zero attached hydrogens (tertiary/aromatic N) is 2. The van der Waals surface area contributed by atoms with Crippen LogP contribution in [0.15, 0.2) is 48.5 Å². The third-order valence-electron chi connectivity index (χ3n) is 6.32. The SMILES string of the molecule is CC(=O)N1CCN(Cc2cccc(OCC3CCCO3)c2)C(c2ccc(OC(C)C)cc2)C1. The maximum atomic E-state index is 12.1. The van der Waals surface area contributed by atoms with E-state index in [4.69, 9.17) is 14.2 Å². The highest BCUT2D eigenvalue weighted by Crippen LogP contribution is 2.29. The number of piperazine rings is 1. The van der Waals surface area contributed by atoms with Crippen LogP contribution in [0.4, 0.5) is 0 Å². The van der Waals surface area contributed by atoms with Crippen LogP contribution < -0.4 is 9.47 Å². The van der Waals surface area contributed by atoms with E-state index in [2.05, 4.69) is 35.2 Å². The molecule has 6 heteroatoms. The van der Waals surface area contributed by atoms with Crippen molar-refractivity contribution >= 4 is 5.91 Å². The summed E-state index contributed by atoms with van der Waals surface area (Å²) in [4.78, 5) is 16.5. The summed E-state index contributed by atoms with van der Waals surface area (Å²) in [5, 5.41) is 0. The second kappa shape index (κ2) is 11.0. The zero-order valence-electron chi connectivity index (χ0n) is 20.0. The predicted octanol–water partition coefficient (Wildman–Crippen LogP) is 4.44. The summed E-state index contributed by atoms with van der Waals surface area (Å²) in [6, 6.07) is 16.8. The van der Waals surface area contributed by atoms with E-state index in [1.54, 1.807) is 6.92 Å². The van der Waals surface area contributed by atoms with Crippen molar-refractivity contribution in [1.29, 1.82) is 0 Å². The fourth-order valence-electron chi connectivity index (χ4n) is 4.59. The van der Waals surface area contributed by atoms with Crippen molar-refractivity contribution in [2.45, 2.75) is 58.4 Å². The molecule has 178 valence electrons. The molecule has 0 N–H and O–H groups in total. The second-order valence-corrected chi connectivity index (χ2v) is 9.28. The maximum Gasteiger partial charge on any atom is 0.219 e. The molecule has 2 heterocycles. The van der Waals surface area contributed by atoms with Gasteiger partial charge >= 0.3 is 0 Å². The monoisotopic (exact) mass is 452 g/mol. The summed E-state index contributed by atoms with van der Waals surface area (Å²) >= 11 is 0. The van der Waals surface area contributed by atoms with Crippen molar-refractivity contribution in [1.82, 2.24) is 9.80 Å². The first kappa shape index (κ1) is 23.6. The number of carbonyl (C=O) groups is 1. The molecule has 6 nitrogen and oxygen atoms in total. The number of amides is 1. The number of benzene rings is 2. The fraction of sp³-hybridized carbons (Fsp3) is 0.519. The molecule has 33 heavy (non-hydrogen) atoms. The maximum absolute atomic E-state index is 12.1. The van der Waals surface area contributed by atoms with Gasteiger partial charge in [-0.15, -0.1) is 0 Å². The van der Waals surface area contributed by atoms with Gasteiger partial charge in [0.25, 0.3) is 0 Å². The Labute approximate surface area is 197 Å². The lowest BCUT2D eigenvalue weighted by molar-refractivity contribution is -0.132. The van der Waals surface area contributed by atoms with E-state index in [9.17, 15) is 4.79 Å². The van der Waals surface area contributed by atoms with Crippen LogP contribution in [0.25, 0.3) is 0 Å². The van der Waals surface area contributed by atoms with Crippen molar-refractivity contribution < 1.29 is 19.0 Å². The van der Waals surface area contributed by atoms with E-state index < -0.39 is 0 Å². The Morgan fingerprint density at radius 1 is 1.12 bits per heavy atom. The van der Waals surface area contributed by atoms with Gasteiger partial charge in [0.2, 0.25) is 5.91 Å². The molecule has 2 saturated heterocycles. The van der Waals surface area contributed by atoms with E-state index in [-0.39, 0.29) is 24.2 Å². The Kier molecular flexibility index (Phi) is 7.89. The lowest BCUT2D eigenvalue weighted by Crippen LogP contribution is -2.49. The van der Waals surface area contributed by atoms with E-state index in [0.29, 0.717) is 13.2 Å². The van der Waals surface area contributed by atoms with Crippen LogP contribution >= 0.6 is 0 Å². The van der Waals surface area contributed by atoms with Crippen LogP contribution in [-0.2, 0) is 16.1 Å². The zero-order chi connectivity index (χ0) is 23.2. The van der Waals surface area contributed by atoms with Gasteiger partial charge in [0.05, 0.1) is 18.2 Å². The summed E-state index contributed by atoms with van der Waals surface area (Å²) in [7, 11) is 0. The van der Waals surface area contributed by atoms with Crippen LogP contribution in [0, 0.1) is 0 Å². The number of rotatable bonds is 8. The summed E-state index contributed by atoms with van der Waals surface area (Å²) in [6.07, 6.45) is 2.54. The van der Waals surface area contributed by atoms with Gasteiger partial charge in [-0.2, -0.15) is 0 Å². The molecule has 2 aromatic rings. The molecule has 0 saturated carbocycles. The highest BCUT2D eigenvalue weighted by atomic mass is 16.5. The van der Waals surface area contributed by atoms with Crippen LogP contribution in [0.1, 0.15) is 50.8 Å². The zero-order valence-corrected chi connectivity index (χ0v) is 20.0. The van der Waals surface area contributed by atoms with Crippen LogP contribution in [-0.4, -0.2) is 60.8 Å². The molecule has 0 bridgehead atoms. The van der Waals surface area contributed by atoms with Gasteiger partial charge in [0.15, 0.2) is 0 Å². The summed E-state index contributed by atoms with van der Waals surface area (Å²) in [5.41, 5.74) is 2.41. The van der Waals surface area contributed by atoms with Gasteiger partial charge in [0, 0.05) is 39.7 Å². The van der Waals surface area contributed by atoms with E-state index >= 15 is 0 Å². The highest BCUT2D eigenvalue weighted by molar-refractivity contribution is 5.73. The summed E-state index contributed by atoms with van der Waals surface area (Å²) in [5.74, 6) is 1.89. The van der Waals surface area contributed by atoms with Crippen molar-refractivity contribution in [3.8, 4) is 11.5 Å². The van der Waals surface area contributed by atoms with Gasteiger partial charge in [-0.3, -0.25) is 9.69 Å². The normalized spacial score (nSPS) is 21.4. The molecule has 2 aromatic carbocycles. The number of hydrogen-bond acceptors (Lipinski definition) is 5. The van der Waals surface area contributed by atoms with Crippen molar-refractivity contribution in [2.24, 2.45) is 0 Å². The standard InChI is InChI=1S/C27H36N2O4/c1-20(2)33-24-11-9-23(10-12-24)27-18-28(21(3)30)13-14-29(27)17-22-6-4-7-25(16-22)32-19-26-8-5-15-31-26/h4,6-7,9-12,16,20,26-27H,5,8,13-15,17-19H2,1-3H3. The Balaban J connectivity index is 1.46. The Hall–Kier alpha value is -2.57. The summed E-state index contributed by atoms with van der Waals surface area (Å²) in [6.45, 7) is 10.2. The Morgan fingerprint density at radius 3 is 2.64 bits per heavy atom. The molecule has 0 aromatic heterocycles. The minimum absolute atomic E-state index is 0.129. The van der Waals surface area contributed by atoms with Gasteiger partial charge in [-0.25, -0.2) is 0 Å². The average Bonchev–Trinajstić information content (AvgIpc) is 3.32. The first-order valence-electron chi connectivity index (χ1n) is 12.1. The second-order valence-electron chi connectivity index (χ2n) is 9.28. The lowest BCUT2D eigenvalue weighted by Gasteiger charge is -2.41. The molecule has 4 rings (SSSR count). The van der Waals surface area contributed by atoms with Gasteiger partial charge in [-0.1, -0.05) is 24.3 Å². The molecular weight excluding hydrogens is 416 g/mol. The molecule has 0 radical (unpaired) electrons. The van der Waals surface area contributed by atoms with Crippen molar-refractivity contribution in [3.63, 3.8) is 0 Å². The van der Waals surface area contributed by atoms with E-state index in [1.165, 1.54) is 11.1 Å². The molecule has 2 atom stereocenters. The van der Waals surface area contributed by atoms with Gasteiger partial charge in [0.1, 0.15) is 18.1 Å². The van der Waals surface area contributed by atoms with Crippen LogP contribution in [0.3, 0.4) is 0 Å². The quantitative estimate of drug-likeness (QED) is 0.593. The third kappa shape index (κ3) is 6.49. The van der Waals surface area contributed by atoms with E-state index in [1.807, 2.05) is 36.9 Å². The third-order valence-corrected chi connectivity index (χ3v) is 6.32. The Bertz CT molecular complexity index is 909. The van der Waals surface area contributed by atoms with E-state index in [0.717, 1.165) is 50.6 Å². The largest absolute Gasteiger partial charge is 0.491 e. The smallest absolute Gasteiger partial charge is 0.219 e. The molecule has 2 aliphatic heterocycles. The number of hydrogen-bond donors (Lipinski definition) is 0. The highest BCUT2D eigenvalue weighted by Gasteiger charge is 2.29. The van der Waals surface area contributed by atoms with Crippen molar-refractivity contribution in [3.05, 3.63) is 59.7 Å². The number of carbonyl (C=O) groups excluding carboxylic acids is 1. The first-order valence-corrected chi connectivity index (χ1v) is 12.1. The summed E-state index contributed by atoms with van der Waals surface area (Å²) < 4.78 is 17.5. The molecule has 2 unspecified atom stereocenters. The topological polar surface area (TPSA) is 51.2 Å². The van der Waals surface area contributed by atoms with Crippen molar-refractivity contribution in [2.75, 3.05) is 32.8 Å². The van der Waals surface area contributed by atoms with Crippen LogP contribution in [0.5, 0.6) is 11.5 Å².